The first kappa shape index (κ1) is 13.4. The van der Waals surface area contributed by atoms with Crippen LogP contribution in [-0.2, 0) is 9.53 Å². The minimum absolute atomic E-state index is 0.124. The van der Waals surface area contributed by atoms with Crippen LogP contribution in [0.1, 0.15) is 33.6 Å². The highest BCUT2D eigenvalue weighted by Crippen LogP contribution is 2.06. The molecule has 14 heavy (non-hydrogen) atoms. The summed E-state index contributed by atoms with van der Waals surface area (Å²) in [4.78, 5) is 11.0. The van der Waals surface area contributed by atoms with Gasteiger partial charge in [-0.2, -0.15) is 0 Å². The fourth-order valence-corrected chi connectivity index (χ4v) is 1.10. The number of aliphatic hydroxyl groups excluding tert-OH is 1. The maximum atomic E-state index is 11.0. The van der Waals surface area contributed by atoms with Crippen LogP contribution in [0, 0.1) is 0 Å². The smallest absolute Gasteiger partial charge is 0.307 e. The number of hydrogen-bond donors (Lipinski definition) is 2. The molecule has 0 saturated carbocycles. The van der Waals surface area contributed by atoms with E-state index >= 15 is 0 Å². The highest BCUT2D eigenvalue weighted by Gasteiger charge is 2.16. The Morgan fingerprint density at radius 2 is 2.14 bits per heavy atom. The van der Waals surface area contributed by atoms with E-state index < -0.39 is 0 Å². The topological polar surface area (TPSA) is 58.6 Å². The third-order valence-electron chi connectivity index (χ3n) is 1.97. The maximum absolute atomic E-state index is 11.0. The third-order valence-corrected chi connectivity index (χ3v) is 1.97. The Kier molecular flexibility index (Phi) is 6.49. The molecule has 0 aliphatic carbocycles. The van der Waals surface area contributed by atoms with Gasteiger partial charge < -0.3 is 15.2 Å². The van der Waals surface area contributed by atoms with E-state index in [-0.39, 0.29) is 18.1 Å². The lowest BCUT2D eigenvalue weighted by molar-refractivity contribution is -0.143. The number of carbonyl (C=O) groups excluding carboxylic acids is 1. The number of esters is 1. The van der Waals surface area contributed by atoms with Crippen molar-refractivity contribution in [2.45, 2.75) is 39.2 Å². The Hall–Kier alpha value is -0.610. The van der Waals surface area contributed by atoms with Gasteiger partial charge in [-0.25, -0.2) is 0 Å². The molecule has 84 valence electrons. The van der Waals surface area contributed by atoms with Crippen LogP contribution in [-0.4, -0.2) is 36.4 Å². The molecule has 0 aromatic carbocycles. The van der Waals surface area contributed by atoms with Crippen LogP contribution in [0.2, 0.25) is 0 Å². The summed E-state index contributed by atoms with van der Waals surface area (Å²) in [6, 6.07) is 0. The van der Waals surface area contributed by atoms with Crippen molar-refractivity contribution in [1.29, 1.82) is 0 Å². The molecule has 4 heteroatoms. The van der Waals surface area contributed by atoms with Gasteiger partial charge in [-0.3, -0.25) is 4.79 Å². The average molecular weight is 203 g/mol. The highest BCUT2D eigenvalue weighted by molar-refractivity contribution is 5.69. The number of hydrogen-bond acceptors (Lipinski definition) is 4. The number of aliphatic hydroxyl groups is 1. The van der Waals surface area contributed by atoms with Crippen LogP contribution in [0.5, 0.6) is 0 Å². The predicted molar refractivity (Wildman–Crippen MR) is 55.0 cm³/mol. The van der Waals surface area contributed by atoms with E-state index in [9.17, 15) is 4.79 Å². The molecule has 0 heterocycles. The van der Waals surface area contributed by atoms with Crippen LogP contribution < -0.4 is 5.32 Å². The van der Waals surface area contributed by atoms with Gasteiger partial charge in [0.25, 0.3) is 0 Å². The highest BCUT2D eigenvalue weighted by atomic mass is 16.5. The Labute approximate surface area is 85.6 Å². The van der Waals surface area contributed by atoms with Gasteiger partial charge >= 0.3 is 5.97 Å². The maximum Gasteiger partial charge on any atom is 0.307 e. The Morgan fingerprint density at radius 3 is 2.64 bits per heavy atom. The minimum atomic E-state index is -0.181. The molecule has 0 aromatic heterocycles. The van der Waals surface area contributed by atoms with Crippen LogP contribution in [0.3, 0.4) is 0 Å². The number of rotatable bonds is 7. The molecule has 0 saturated heterocycles. The summed E-state index contributed by atoms with van der Waals surface area (Å²) in [5, 5.41) is 12.0. The van der Waals surface area contributed by atoms with Crippen molar-refractivity contribution < 1.29 is 14.6 Å². The van der Waals surface area contributed by atoms with E-state index in [1.54, 1.807) is 6.92 Å². The quantitative estimate of drug-likeness (QED) is 0.598. The first-order valence-corrected chi connectivity index (χ1v) is 5.03. The van der Waals surface area contributed by atoms with E-state index in [1.807, 2.05) is 13.8 Å². The summed E-state index contributed by atoms with van der Waals surface area (Å²) in [6.07, 6.45) is 1.05. The predicted octanol–water partition coefficient (Wildman–Crippen LogP) is 0.690. The minimum Gasteiger partial charge on any atom is -0.466 e. The van der Waals surface area contributed by atoms with Crippen molar-refractivity contribution in [1.82, 2.24) is 5.32 Å². The Morgan fingerprint density at radius 1 is 1.50 bits per heavy atom. The standard InChI is InChI=1S/C10H21NO3/c1-4-14-9(13)5-7-11-10(2,3)6-8-12/h11-12H,4-8H2,1-3H3. The Bertz CT molecular complexity index is 169. The van der Waals surface area contributed by atoms with Gasteiger partial charge in [0.15, 0.2) is 0 Å². The second-order valence-electron chi connectivity index (χ2n) is 3.84. The second-order valence-corrected chi connectivity index (χ2v) is 3.84. The SMILES string of the molecule is CCOC(=O)CCNC(C)(C)CCO. The summed E-state index contributed by atoms with van der Waals surface area (Å²) in [5.41, 5.74) is -0.124. The molecule has 0 fully saturated rings. The lowest BCUT2D eigenvalue weighted by Gasteiger charge is -2.25. The molecule has 0 atom stereocenters. The summed E-state index contributed by atoms with van der Waals surface area (Å²) in [5.74, 6) is -0.181. The molecule has 0 aromatic rings. The summed E-state index contributed by atoms with van der Waals surface area (Å²) in [6.45, 7) is 6.95. The lowest BCUT2D eigenvalue weighted by Crippen LogP contribution is -2.41. The van der Waals surface area contributed by atoms with Crippen LogP contribution in [0.4, 0.5) is 0 Å². The normalized spacial score (nSPS) is 11.4. The van der Waals surface area contributed by atoms with Gasteiger partial charge in [-0.15, -0.1) is 0 Å². The van der Waals surface area contributed by atoms with Crippen molar-refractivity contribution in [2.24, 2.45) is 0 Å². The summed E-state index contributed by atoms with van der Waals surface area (Å²) >= 11 is 0. The van der Waals surface area contributed by atoms with E-state index in [0.717, 1.165) is 0 Å². The zero-order chi connectivity index (χ0) is 11.0. The van der Waals surface area contributed by atoms with Gasteiger partial charge in [-0.1, -0.05) is 0 Å². The molecule has 2 N–H and O–H groups in total. The number of ether oxygens (including phenoxy) is 1. The summed E-state index contributed by atoms with van der Waals surface area (Å²) < 4.78 is 4.79. The van der Waals surface area contributed by atoms with Crippen molar-refractivity contribution in [3.63, 3.8) is 0 Å². The third kappa shape index (κ3) is 6.86. The van der Waals surface area contributed by atoms with Gasteiger partial charge in [-0.05, 0) is 27.2 Å². The molecular formula is C10H21NO3. The molecular weight excluding hydrogens is 182 g/mol. The monoisotopic (exact) mass is 203 g/mol. The fraction of sp³-hybridized carbons (Fsp3) is 0.900. The summed E-state index contributed by atoms with van der Waals surface area (Å²) in [7, 11) is 0. The average Bonchev–Trinajstić information content (AvgIpc) is 2.03. The van der Waals surface area contributed by atoms with Crippen LogP contribution in [0.15, 0.2) is 0 Å². The van der Waals surface area contributed by atoms with Gasteiger partial charge in [0.1, 0.15) is 0 Å². The first-order valence-electron chi connectivity index (χ1n) is 5.03. The molecule has 0 amide bonds. The molecule has 0 bridgehead atoms. The van der Waals surface area contributed by atoms with Gasteiger partial charge in [0, 0.05) is 18.7 Å². The Balaban J connectivity index is 3.57. The van der Waals surface area contributed by atoms with Crippen LogP contribution in [0.25, 0.3) is 0 Å². The van der Waals surface area contributed by atoms with E-state index in [4.69, 9.17) is 9.84 Å². The number of carbonyl (C=O) groups is 1. The number of nitrogens with one attached hydrogen (secondary N) is 1. The zero-order valence-corrected chi connectivity index (χ0v) is 9.30. The first-order chi connectivity index (χ1) is 6.52. The molecule has 0 aliphatic rings. The van der Waals surface area contributed by atoms with Crippen LogP contribution >= 0.6 is 0 Å². The van der Waals surface area contributed by atoms with Crippen molar-refractivity contribution in [3.05, 3.63) is 0 Å². The van der Waals surface area contributed by atoms with Gasteiger partial charge in [0.05, 0.1) is 13.0 Å². The van der Waals surface area contributed by atoms with Gasteiger partial charge in [0.2, 0.25) is 0 Å². The molecule has 0 rings (SSSR count). The largest absolute Gasteiger partial charge is 0.466 e. The lowest BCUT2D eigenvalue weighted by atomic mass is 10.0. The molecule has 4 nitrogen and oxygen atoms in total. The van der Waals surface area contributed by atoms with Crippen molar-refractivity contribution >= 4 is 5.97 Å². The van der Waals surface area contributed by atoms with Crippen molar-refractivity contribution in [2.75, 3.05) is 19.8 Å². The van der Waals surface area contributed by atoms with Crippen molar-refractivity contribution in [3.8, 4) is 0 Å². The van der Waals surface area contributed by atoms with E-state index in [2.05, 4.69) is 5.32 Å². The zero-order valence-electron chi connectivity index (χ0n) is 9.30. The molecule has 0 spiro atoms. The second kappa shape index (κ2) is 6.79. The van der Waals surface area contributed by atoms with E-state index in [1.165, 1.54) is 0 Å². The molecule has 0 radical (unpaired) electrons. The fourth-order valence-electron chi connectivity index (χ4n) is 1.10. The molecule has 0 unspecified atom stereocenters. The van der Waals surface area contributed by atoms with E-state index in [0.29, 0.717) is 26.0 Å². The molecule has 0 aliphatic heterocycles.